The predicted molar refractivity (Wildman–Crippen MR) is 129 cm³/mol. The van der Waals surface area contributed by atoms with E-state index in [0.29, 0.717) is 43.1 Å². The van der Waals surface area contributed by atoms with Gasteiger partial charge in [0.25, 0.3) is 5.91 Å². The molecule has 3 amide bonds. The number of nitrogens with one attached hydrogen (secondary N) is 3. The van der Waals surface area contributed by atoms with Gasteiger partial charge < -0.3 is 26.0 Å². The molecule has 3 rings (SSSR count). The lowest BCUT2D eigenvalue weighted by Crippen LogP contribution is -2.42. The van der Waals surface area contributed by atoms with Crippen LogP contribution in [0.3, 0.4) is 0 Å². The molecule has 2 aromatic carbocycles. The van der Waals surface area contributed by atoms with E-state index >= 15 is 0 Å². The minimum atomic E-state index is -0.446. The summed E-state index contributed by atoms with van der Waals surface area (Å²) in [7, 11) is 1.87. The van der Waals surface area contributed by atoms with E-state index < -0.39 is 11.8 Å². The van der Waals surface area contributed by atoms with E-state index in [-0.39, 0.29) is 24.2 Å². The van der Waals surface area contributed by atoms with Crippen molar-refractivity contribution in [2.24, 2.45) is 5.73 Å². The molecule has 0 aromatic heterocycles. The van der Waals surface area contributed by atoms with Crippen molar-refractivity contribution in [2.75, 3.05) is 31.6 Å². The number of hydrogen-bond donors (Lipinski definition) is 4. The molecule has 10 heteroatoms. The minimum Gasteiger partial charge on any atom is -0.384 e. The normalized spacial score (nSPS) is 14.3. The Morgan fingerprint density at radius 2 is 1.79 bits per heavy atom. The Balaban J connectivity index is 1.54. The number of nitrogens with zero attached hydrogens (tertiary/aromatic N) is 1. The molecule has 1 atom stereocenters. The van der Waals surface area contributed by atoms with Gasteiger partial charge in [-0.3, -0.25) is 19.8 Å². The zero-order chi connectivity index (χ0) is 24.0. The standard InChI is InChI=1S/C23H28BN5O4/c1-14(16-4-7-18(19(24)12-16)23(32)29-8-10-33-11-9-29)27-20(30)13-21(31)28-17-5-2-15(3-6-17)22(25)26/h2-7,12,14H,8-11,13,24H2,1H3,(H3,25,26)(H,27,30)(H,28,31). The van der Waals surface area contributed by atoms with Crippen molar-refractivity contribution < 1.29 is 19.1 Å². The smallest absolute Gasteiger partial charge is 0.253 e. The van der Waals surface area contributed by atoms with Crippen LogP contribution in [0.15, 0.2) is 42.5 Å². The number of amidine groups is 1. The maximum Gasteiger partial charge on any atom is 0.253 e. The summed E-state index contributed by atoms with van der Waals surface area (Å²) in [5.41, 5.74) is 8.79. The summed E-state index contributed by atoms with van der Waals surface area (Å²) in [6, 6.07) is 11.6. The van der Waals surface area contributed by atoms with E-state index in [1.165, 1.54) is 0 Å². The van der Waals surface area contributed by atoms with Crippen LogP contribution in [0.4, 0.5) is 5.69 Å². The van der Waals surface area contributed by atoms with Gasteiger partial charge in [0.2, 0.25) is 11.8 Å². The third kappa shape index (κ3) is 6.42. The molecule has 1 aliphatic heterocycles. The second-order valence-corrected chi connectivity index (χ2v) is 7.98. The Labute approximate surface area is 193 Å². The van der Waals surface area contributed by atoms with Gasteiger partial charge in [-0.15, -0.1) is 0 Å². The SMILES string of the molecule is Bc1cc(C(C)NC(=O)CC(=O)Nc2ccc(C(=N)N)cc2)ccc1C(=O)N1CCOCC1. The van der Waals surface area contributed by atoms with E-state index in [1.807, 2.05) is 26.9 Å². The van der Waals surface area contributed by atoms with E-state index in [9.17, 15) is 14.4 Å². The molecular formula is C23H28BN5O4. The van der Waals surface area contributed by atoms with E-state index in [2.05, 4.69) is 10.6 Å². The number of amides is 3. The van der Waals surface area contributed by atoms with Crippen molar-refractivity contribution in [1.29, 1.82) is 5.41 Å². The molecule has 0 spiro atoms. The fourth-order valence-corrected chi connectivity index (χ4v) is 3.59. The van der Waals surface area contributed by atoms with Crippen LogP contribution in [0.5, 0.6) is 0 Å². The molecule has 0 aliphatic carbocycles. The van der Waals surface area contributed by atoms with Crippen LogP contribution < -0.4 is 21.8 Å². The zero-order valence-electron chi connectivity index (χ0n) is 18.8. The van der Waals surface area contributed by atoms with Gasteiger partial charge in [-0.25, -0.2) is 0 Å². The highest BCUT2D eigenvalue weighted by Crippen LogP contribution is 2.14. The second-order valence-electron chi connectivity index (χ2n) is 7.98. The number of nitrogen functional groups attached to an aromatic ring is 1. The zero-order valence-corrected chi connectivity index (χ0v) is 18.8. The Morgan fingerprint density at radius 3 is 2.39 bits per heavy atom. The number of carbonyl (C=O) groups is 3. The Kier molecular flexibility index (Phi) is 7.84. The molecule has 0 radical (unpaired) electrons. The number of hydrogen-bond acceptors (Lipinski definition) is 5. The summed E-state index contributed by atoms with van der Waals surface area (Å²) < 4.78 is 5.30. The van der Waals surface area contributed by atoms with Crippen molar-refractivity contribution in [3.8, 4) is 0 Å². The van der Waals surface area contributed by atoms with Gasteiger partial charge in [0.15, 0.2) is 0 Å². The second kappa shape index (κ2) is 10.8. The van der Waals surface area contributed by atoms with Crippen molar-refractivity contribution in [3.05, 3.63) is 59.2 Å². The maximum absolute atomic E-state index is 12.7. The highest BCUT2D eigenvalue weighted by molar-refractivity contribution is 6.36. The lowest BCUT2D eigenvalue weighted by Gasteiger charge is -2.27. The summed E-state index contributed by atoms with van der Waals surface area (Å²) in [5.74, 6) is -0.939. The number of ether oxygens (including phenoxy) is 1. The summed E-state index contributed by atoms with van der Waals surface area (Å²) in [4.78, 5) is 39.1. The molecule has 172 valence electrons. The van der Waals surface area contributed by atoms with Gasteiger partial charge in [0.1, 0.15) is 20.1 Å². The maximum atomic E-state index is 12.7. The van der Waals surface area contributed by atoms with Crippen molar-refractivity contribution >= 4 is 42.6 Å². The summed E-state index contributed by atoms with van der Waals surface area (Å²) in [6.07, 6.45) is -0.328. The van der Waals surface area contributed by atoms with Gasteiger partial charge in [0, 0.05) is 29.9 Å². The lowest BCUT2D eigenvalue weighted by molar-refractivity contribution is -0.127. The molecule has 1 unspecified atom stereocenters. The van der Waals surface area contributed by atoms with Crippen molar-refractivity contribution in [2.45, 2.75) is 19.4 Å². The van der Waals surface area contributed by atoms with Gasteiger partial charge >= 0.3 is 0 Å². The van der Waals surface area contributed by atoms with Crippen LogP contribution in [-0.4, -0.2) is 62.6 Å². The average molecular weight is 449 g/mol. The molecule has 9 nitrogen and oxygen atoms in total. The number of carbonyl (C=O) groups excluding carboxylic acids is 3. The highest BCUT2D eigenvalue weighted by Gasteiger charge is 2.21. The third-order valence-electron chi connectivity index (χ3n) is 5.46. The molecule has 0 bridgehead atoms. The first-order chi connectivity index (χ1) is 15.7. The van der Waals surface area contributed by atoms with Crippen molar-refractivity contribution in [3.63, 3.8) is 0 Å². The van der Waals surface area contributed by atoms with Crippen LogP contribution in [0.25, 0.3) is 0 Å². The molecule has 1 fully saturated rings. The number of morpholine rings is 1. The fraction of sp³-hybridized carbons (Fsp3) is 0.304. The van der Waals surface area contributed by atoms with E-state index in [1.54, 1.807) is 35.2 Å². The van der Waals surface area contributed by atoms with Crippen molar-refractivity contribution in [1.82, 2.24) is 10.2 Å². The first-order valence-electron chi connectivity index (χ1n) is 10.8. The van der Waals surface area contributed by atoms with Gasteiger partial charge in [-0.05, 0) is 42.8 Å². The Hall–Kier alpha value is -3.66. The summed E-state index contributed by atoms with van der Waals surface area (Å²) in [5, 5.41) is 12.9. The topological polar surface area (TPSA) is 138 Å². The van der Waals surface area contributed by atoms with Crippen LogP contribution in [0.1, 0.15) is 40.9 Å². The van der Waals surface area contributed by atoms with Crippen LogP contribution >= 0.6 is 0 Å². The Morgan fingerprint density at radius 1 is 1.12 bits per heavy atom. The molecular weight excluding hydrogens is 421 g/mol. The molecule has 0 saturated carbocycles. The number of rotatable bonds is 7. The quantitative estimate of drug-likeness (QED) is 0.203. The van der Waals surface area contributed by atoms with E-state index in [4.69, 9.17) is 15.9 Å². The first-order valence-corrected chi connectivity index (χ1v) is 10.8. The number of benzene rings is 2. The monoisotopic (exact) mass is 449 g/mol. The van der Waals surface area contributed by atoms with Crippen LogP contribution in [0.2, 0.25) is 0 Å². The Bertz CT molecular complexity index is 1050. The number of anilines is 1. The predicted octanol–water partition coefficient (Wildman–Crippen LogP) is -0.0925. The molecule has 2 aromatic rings. The minimum absolute atomic E-state index is 0.0213. The van der Waals surface area contributed by atoms with Crippen LogP contribution in [-0.2, 0) is 14.3 Å². The van der Waals surface area contributed by atoms with Crippen LogP contribution in [0, 0.1) is 5.41 Å². The number of nitrogens with two attached hydrogens (primary N) is 1. The van der Waals surface area contributed by atoms with Gasteiger partial charge in [-0.2, -0.15) is 0 Å². The summed E-state index contributed by atoms with van der Waals surface area (Å²) >= 11 is 0. The average Bonchev–Trinajstić information content (AvgIpc) is 2.79. The molecule has 5 N–H and O–H groups in total. The molecule has 33 heavy (non-hydrogen) atoms. The molecule has 1 aliphatic rings. The highest BCUT2D eigenvalue weighted by atomic mass is 16.5. The largest absolute Gasteiger partial charge is 0.384 e. The first kappa shape index (κ1) is 24.0. The lowest BCUT2D eigenvalue weighted by atomic mass is 9.87. The third-order valence-corrected chi connectivity index (χ3v) is 5.46. The summed E-state index contributed by atoms with van der Waals surface area (Å²) in [6.45, 7) is 4.08. The van der Waals surface area contributed by atoms with Gasteiger partial charge in [-0.1, -0.05) is 17.6 Å². The van der Waals surface area contributed by atoms with E-state index in [0.717, 1.165) is 11.0 Å². The van der Waals surface area contributed by atoms with Gasteiger partial charge in [0.05, 0.1) is 19.3 Å². The fourth-order valence-electron chi connectivity index (χ4n) is 3.59. The molecule has 1 heterocycles. The molecule has 1 saturated heterocycles.